The van der Waals surface area contributed by atoms with Crippen LogP contribution in [0.1, 0.15) is 22.6 Å². The Hall–Kier alpha value is -1.81. The number of allylic oxidation sites excluding steroid dienone is 1. The molecule has 1 nitrogen and oxygen atoms in total. The van der Waals surface area contributed by atoms with E-state index in [1.807, 2.05) is 12.1 Å². The van der Waals surface area contributed by atoms with Crippen molar-refractivity contribution in [3.8, 4) is 6.07 Å². The van der Waals surface area contributed by atoms with Crippen LogP contribution < -0.4 is 0 Å². The average molecular weight is 182 g/mol. The van der Waals surface area contributed by atoms with Crippen molar-refractivity contribution in [1.82, 2.24) is 0 Å². The standard InChI is InChI=1S/C13H12N/c1-4-10(3)13-8-6-7-11(9-14)12(13)5-2/h4-8,10H,1-3H2. The van der Waals surface area contributed by atoms with E-state index < -0.39 is 0 Å². The fourth-order valence-corrected chi connectivity index (χ4v) is 1.36. The molecule has 0 heterocycles. The molecule has 0 aliphatic heterocycles. The zero-order chi connectivity index (χ0) is 10.6. The van der Waals surface area contributed by atoms with Gasteiger partial charge < -0.3 is 0 Å². The summed E-state index contributed by atoms with van der Waals surface area (Å²) in [4.78, 5) is 0. The van der Waals surface area contributed by atoms with Crippen LogP contribution in [-0.2, 0) is 0 Å². The van der Waals surface area contributed by atoms with Crippen molar-refractivity contribution in [3.63, 3.8) is 0 Å². The maximum absolute atomic E-state index is 8.88. The molecule has 0 saturated carbocycles. The minimum Gasteiger partial charge on any atom is -0.192 e. The van der Waals surface area contributed by atoms with Crippen LogP contribution in [0.2, 0.25) is 0 Å². The van der Waals surface area contributed by atoms with Gasteiger partial charge in [0.15, 0.2) is 0 Å². The number of hydrogen-bond acceptors (Lipinski definition) is 1. The maximum atomic E-state index is 8.88. The van der Waals surface area contributed by atoms with Crippen LogP contribution in [0.25, 0.3) is 6.08 Å². The van der Waals surface area contributed by atoms with Crippen molar-refractivity contribution in [2.24, 2.45) is 0 Å². The van der Waals surface area contributed by atoms with Gasteiger partial charge in [-0.2, -0.15) is 5.26 Å². The molecule has 0 aliphatic rings. The van der Waals surface area contributed by atoms with Gasteiger partial charge in [-0.3, -0.25) is 0 Å². The molecule has 0 aliphatic carbocycles. The first-order chi connectivity index (χ1) is 6.74. The lowest BCUT2D eigenvalue weighted by atomic mass is 9.93. The highest BCUT2D eigenvalue weighted by Crippen LogP contribution is 2.23. The normalized spacial score (nSPS) is 11.4. The molecule has 1 atom stereocenters. The first kappa shape index (κ1) is 10.3. The molecule has 1 unspecified atom stereocenters. The lowest BCUT2D eigenvalue weighted by Crippen LogP contribution is -1.95. The molecule has 1 rings (SSSR count). The Kier molecular flexibility index (Phi) is 3.25. The van der Waals surface area contributed by atoms with E-state index in [9.17, 15) is 0 Å². The van der Waals surface area contributed by atoms with Crippen LogP contribution in [0.3, 0.4) is 0 Å². The van der Waals surface area contributed by atoms with Crippen molar-refractivity contribution < 1.29 is 0 Å². The predicted molar refractivity (Wildman–Crippen MR) is 59.5 cm³/mol. The first-order valence-corrected chi connectivity index (χ1v) is 4.35. The van der Waals surface area contributed by atoms with E-state index in [2.05, 4.69) is 26.2 Å². The van der Waals surface area contributed by atoms with Gasteiger partial charge in [-0.05, 0) is 24.1 Å². The van der Waals surface area contributed by atoms with Gasteiger partial charge in [-0.25, -0.2) is 0 Å². The lowest BCUT2D eigenvalue weighted by molar-refractivity contribution is 1.08. The van der Waals surface area contributed by atoms with E-state index in [0.717, 1.165) is 11.1 Å². The van der Waals surface area contributed by atoms with Crippen LogP contribution in [0.15, 0.2) is 37.4 Å². The summed E-state index contributed by atoms with van der Waals surface area (Å²) in [5.74, 6) is -0.00343. The second-order valence-corrected chi connectivity index (χ2v) is 2.97. The molecule has 0 aromatic heterocycles. The van der Waals surface area contributed by atoms with Crippen LogP contribution in [0, 0.1) is 18.3 Å². The number of rotatable bonds is 3. The topological polar surface area (TPSA) is 23.8 Å². The van der Waals surface area contributed by atoms with Gasteiger partial charge in [0.2, 0.25) is 0 Å². The highest BCUT2D eigenvalue weighted by molar-refractivity contribution is 5.61. The highest BCUT2D eigenvalue weighted by atomic mass is 14.2. The molecule has 1 radical (unpaired) electrons. The number of hydrogen-bond donors (Lipinski definition) is 0. The number of benzene rings is 1. The Bertz CT molecular complexity index is 396. The van der Waals surface area contributed by atoms with Crippen LogP contribution in [0.4, 0.5) is 0 Å². The van der Waals surface area contributed by atoms with Gasteiger partial charge in [0.1, 0.15) is 0 Å². The number of nitrogens with zero attached hydrogens (tertiary/aromatic N) is 1. The fourth-order valence-electron chi connectivity index (χ4n) is 1.36. The van der Waals surface area contributed by atoms with Gasteiger partial charge in [0, 0.05) is 5.92 Å². The zero-order valence-corrected chi connectivity index (χ0v) is 8.03. The highest BCUT2D eigenvalue weighted by Gasteiger charge is 2.08. The molecular weight excluding hydrogens is 170 g/mol. The van der Waals surface area contributed by atoms with Gasteiger partial charge in [-0.15, -0.1) is 6.58 Å². The van der Waals surface area contributed by atoms with E-state index in [0.29, 0.717) is 5.56 Å². The van der Waals surface area contributed by atoms with E-state index >= 15 is 0 Å². The molecule has 0 saturated heterocycles. The second-order valence-electron chi connectivity index (χ2n) is 2.97. The van der Waals surface area contributed by atoms with Gasteiger partial charge in [-0.1, -0.05) is 30.9 Å². The number of nitriles is 1. The molecule has 1 aromatic rings. The maximum Gasteiger partial charge on any atom is 0.0998 e. The Balaban J connectivity index is 3.37. The lowest BCUT2D eigenvalue weighted by Gasteiger charge is -2.11. The second kappa shape index (κ2) is 4.43. The van der Waals surface area contributed by atoms with E-state index in [1.165, 1.54) is 0 Å². The van der Waals surface area contributed by atoms with Crippen LogP contribution >= 0.6 is 0 Å². The smallest absolute Gasteiger partial charge is 0.0998 e. The molecule has 0 fully saturated rings. The van der Waals surface area contributed by atoms with Gasteiger partial charge >= 0.3 is 0 Å². The minimum absolute atomic E-state index is 0.00343. The summed E-state index contributed by atoms with van der Waals surface area (Å²) >= 11 is 0. The van der Waals surface area contributed by atoms with Gasteiger partial charge in [0.25, 0.3) is 0 Å². The Morgan fingerprint density at radius 1 is 1.36 bits per heavy atom. The molecule has 14 heavy (non-hydrogen) atoms. The molecule has 1 aromatic carbocycles. The summed E-state index contributed by atoms with van der Waals surface area (Å²) in [6, 6.07) is 7.70. The summed E-state index contributed by atoms with van der Waals surface area (Å²) in [5.41, 5.74) is 2.48. The summed E-state index contributed by atoms with van der Waals surface area (Å²) in [7, 11) is 0. The molecule has 0 N–H and O–H groups in total. The molecule has 0 bridgehead atoms. The SMILES string of the molecule is [CH2]C(C=C)c1cccc(C#N)c1C=C. The Morgan fingerprint density at radius 3 is 2.57 bits per heavy atom. The Morgan fingerprint density at radius 2 is 2.07 bits per heavy atom. The van der Waals surface area contributed by atoms with E-state index in [1.54, 1.807) is 18.2 Å². The molecule has 0 amide bonds. The van der Waals surface area contributed by atoms with Crippen molar-refractivity contribution in [2.75, 3.05) is 0 Å². The summed E-state index contributed by atoms with van der Waals surface area (Å²) in [6.45, 7) is 11.3. The van der Waals surface area contributed by atoms with E-state index in [4.69, 9.17) is 5.26 Å². The van der Waals surface area contributed by atoms with Crippen LogP contribution in [0.5, 0.6) is 0 Å². The first-order valence-electron chi connectivity index (χ1n) is 4.35. The summed E-state index contributed by atoms with van der Waals surface area (Å²) in [6.07, 6.45) is 3.44. The zero-order valence-electron chi connectivity index (χ0n) is 8.03. The molecule has 1 heteroatoms. The fraction of sp³-hybridized carbons (Fsp3) is 0.0769. The summed E-state index contributed by atoms with van der Waals surface area (Å²) < 4.78 is 0. The van der Waals surface area contributed by atoms with Gasteiger partial charge in [0.05, 0.1) is 11.6 Å². The van der Waals surface area contributed by atoms with Crippen molar-refractivity contribution in [1.29, 1.82) is 5.26 Å². The van der Waals surface area contributed by atoms with Crippen molar-refractivity contribution in [3.05, 3.63) is 61.0 Å². The molecular formula is C13H12N. The van der Waals surface area contributed by atoms with Crippen molar-refractivity contribution in [2.45, 2.75) is 5.92 Å². The third-order valence-corrected chi connectivity index (χ3v) is 2.15. The minimum atomic E-state index is -0.00343. The third-order valence-electron chi connectivity index (χ3n) is 2.15. The summed E-state index contributed by atoms with van der Waals surface area (Å²) in [5, 5.41) is 8.88. The van der Waals surface area contributed by atoms with Crippen LogP contribution in [-0.4, -0.2) is 0 Å². The Labute approximate surface area is 85.0 Å². The molecule has 69 valence electrons. The third kappa shape index (κ3) is 1.75. The monoisotopic (exact) mass is 182 g/mol. The average Bonchev–Trinajstić information content (AvgIpc) is 2.26. The quantitative estimate of drug-likeness (QED) is 0.658. The predicted octanol–water partition coefficient (Wildman–Crippen LogP) is 3.30. The van der Waals surface area contributed by atoms with E-state index in [-0.39, 0.29) is 5.92 Å². The largest absolute Gasteiger partial charge is 0.192 e. The molecule has 0 spiro atoms. The van der Waals surface area contributed by atoms with Crippen molar-refractivity contribution >= 4 is 6.08 Å².